The molecule has 1 heterocycles. The van der Waals surface area contributed by atoms with Gasteiger partial charge in [0.1, 0.15) is 5.75 Å². The molecule has 2 rings (SSSR count). The van der Waals surface area contributed by atoms with Crippen molar-refractivity contribution in [2.24, 2.45) is 0 Å². The van der Waals surface area contributed by atoms with Crippen molar-refractivity contribution in [3.8, 4) is 5.75 Å². The average molecular weight is 329 g/mol. The highest BCUT2D eigenvalue weighted by Gasteiger charge is 2.19. The van der Waals surface area contributed by atoms with E-state index >= 15 is 0 Å². The number of hydrogen-bond acceptors (Lipinski definition) is 4. The topological polar surface area (TPSA) is 61.8 Å². The first-order valence-corrected chi connectivity index (χ1v) is 6.92. The lowest BCUT2D eigenvalue weighted by Gasteiger charge is -2.30. The number of carbonyl (C=O) groups excluding carboxylic acids is 1. The normalized spacial score (nSPS) is 20.2. The second-order valence-corrected chi connectivity index (χ2v) is 5.54. The van der Waals surface area contributed by atoms with Gasteiger partial charge in [-0.25, -0.2) is 0 Å². The van der Waals surface area contributed by atoms with Crippen molar-refractivity contribution in [2.75, 3.05) is 33.3 Å². The van der Waals surface area contributed by atoms with Crippen LogP contribution in [0.5, 0.6) is 5.75 Å². The molecule has 0 spiro atoms. The fraction of sp³-hybridized carbons (Fsp3) is 0.462. The van der Waals surface area contributed by atoms with Gasteiger partial charge in [0.2, 0.25) is 0 Å². The molecule has 1 aromatic carbocycles. The number of hydrogen-bond donors (Lipinski definition) is 2. The van der Waals surface area contributed by atoms with E-state index in [4.69, 9.17) is 4.74 Å². The molecule has 19 heavy (non-hydrogen) atoms. The van der Waals surface area contributed by atoms with Crippen LogP contribution in [0.4, 0.5) is 0 Å². The van der Waals surface area contributed by atoms with Gasteiger partial charge in [-0.1, -0.05) is 15.9 Å². The molecular weight excluding hydrogens is 312 g/mol. The zero-order valence-electron chi connectivity index (χ0n) is 10.7. The maximum absolute atomic E-state index is 11.9. The summed E-state index contributed by atoms with van der Waals surface area (Å²) in [5.41, 5.74) is 0.271. The van der Waals surface area contributed by atoms with Gasteiger partial charge >= 0.3 is 0 Å². The van der Waals surface area contributed by atoms with E-state index in [2.05, 4.69) is 26.1 Å². The Bertz CT molecular complexity index is 467. The number of benzene rings is 1. The van der Waals surface area contributed by atoms with E-state index in [0.717, 1.165) is 17.6 Å². The molecule has 0 bridgehead atoms. The monoisotopic (exact) mass is 328 g/mol. The predicted octanol–water partition coefficient (Wildman–Crippen LogP) is 1.22. The highest BCUT2D eigenvalue weighted by Crippen LogP contribution is 2.22. The van der Waals surface area contributed by atoms with Crippen LogP contribution in [0.3, 0.4) is 0 Å². The van der Waals surface area contributed by atoms with Gasteiger partial charge in [0.25, 0.3) is 5.91 Å². The fourth-order valence-corrected chi connectivity index (χ4v) is 2.34. The molecule has 1 atom stereocenters. The second kappa shape index (κ2) is 6.36. The Morgan fingerprint density at radius 1 is 1.63 bits per heavy atom. The van der Waals surface area contributed by atoms with Crippen LogP contribution < -0.4 is 5.32 Å². The molecule has 1 aliphatic heterocycles. The standard InChI is InChI=1S/C13H17BrN2O3/c1-16-4-5-19-10(8-16)7-15-13(18)11-3-2-9(14)6-12(11)17/h2-3,6,10,17H,4-5,7-8H2,1H3,(H,15,18). The molecular formula is C13H17BrN2O3. The Morgan fingerprint density at radius 2 is 2.42 bits per heavy atom. The summed E-state index contributed by atoms with van der Waals surface area (Å²) >= 11 is 3.24. The Labute approximate surface area is 120 Å². The first kappa shape index (κ1) is 14.3. The van der Waals surface area contributed by atoms with E-state index in [1.807, 2.05) is 7.05 Å². The lowest BCUT2D eigenvalue weighted by Crippen LogP contribution is -2.45. The van der Waals surface area contributed by atoms with Gasteiger partial charge in [-0.05, 0) is 25.2 Å². The van der Waals surface area contributed by atoms with Crippen LogP contribution in [0.25, 0.3) is 0 Å². The molecule has 104 valence electrons. The molecule has 0 aliphatic carbocycles. The number of phenols is 1. The zero-order chi connectivity index (χ0) is 13.8. The molecule has 0 saturated carbocycles. The van der Waals surface area contributed by atoms with Crippen LogP contribution in [-0.4, -0.2) is 55.3 Å². The van der Waals surface area contributed by atoms with Gasteiger partial charge in [-0.3, -0.25) is 4.79 Å². The number of nitrogens with one attached hydrogen (secondary N) is 1. The summed E-state index contributed by atoms with van der Waals surface area (Å²) < 4.78 is 6.29. The minimum Gasteiger partial charge on any atom is -0.507 e. The van der Waals surface area contributed by atoms with Gasteiger partial charge in [0.15, 0.2) is 0 Å². The van der Waals surface area contributed by atoms with Gasteiger partial charge in [-0.2, -0.15) is 0 Å². The van der Waals surface area contributed by atoms with E-state index < -0.39 is 0 Å². The van der Waals surface area contributed by atoms with Gasteiger partial charge in [-0.15, -0.1) is 0 Å². The van der Waals surface area contributed by atoms with Crippen LogP contribution in [0.2, 0.25) is 0 Å². The first-order valence-electron chi connectivity index (χ1n) is 6.13. The van der Waals surface area contributed by atoms with E-state index in [-0.39, 0.29) is 23.3 Å². The fourth-order valence-electron chi connectivity index (χ4n) is 1.99. The number of phenolic OH excluding ortho intramolecular Hbond substituents is 1. The predicted molar refractivity (Wildman–Crippen MR) is 75.4 cm³/mol. The Morgan fingerprint density at radius 3 is 3.11 bits per heavy atom. The number of aromatic hydroxyl groups is 1. The SMILES string of the molecule is CN1CCOC(CNC(=O)c2ccc(Br)cc2O)C1. The Hall–Kier alpha value is -1.11. The number of ether oxygens (including phenoxy) is 1. The molecule has 1 aliphatic rings. The van der Waals surface area contributed by atoms with Crippen LogP contribution in [-0.2, 0) is 4.74 Å². The second-order valence-electron chi connectivity index (χ2n) is 4.63. The summed E-state index contributed by atoms with van der Waals surface area (Å²) in [7, 11) is 2.03. The Kier molecular flexibility index (Phi) is 4.79. The number of rotatable bonds is 3. The smallest absolute Gasteiger partial charge is 0.255 e. The number of nitrogens with zero attached hydrogens (tertiary/aromatic N) is 1. The van der Waals surface area contributed by atoms with E-state index in [1.54, 1.807) is 12.1 Å². The molecule has 1 fully saturated rings. The molecule has 1 amide bonds. The summed E-state index contributed by atoms with van der Waals surface area (Å²) in [6.07, 6.45) is 0.000270. The summed E-state index contributed by atoms with van der Waals surface area (Å²) in [6, 6.07) is 4.81. The number of likely N-dealkylation sites (N-methyl/N-ethyl adjacent to an activating group) is 1. The molecule has 0 aromatic heterocycles. The van der Waals surface area contributed by atoms with Crippen LogP contribution >= 0.6 is 15.9 Å². The van der Waals surface area contributed by atoms with Gasteiger partial charge in [0.05, 0.1) is 18.3 Å². The van der Waals surface area contributed by atoms with Crippen LogP contribution in [0.1, 0.15) is 10.4 Å². The highest BCUT2D eigenvalue weighted by molar-refractivity contribution is 9.10. The van der Waals surface area contributed by atoms with Crippen molar-refractivity contribution in [1.29, 1.82) is 0 Å². The van der Waals surface area contributed by atoms with Crippen molar-refractivity contribution < 1.29 is 14.6 Å². The largest absolute Gasteiger partial charge is 0.507 e. The Balaban J connectivity index is 1.90. The van der Waals surface area contributed by atoms with Crippen molar-refractivity contribution in [3.05, 3.63) is 28.2 Å². The minimum absolute atomic E-state index is 0.000270. The third-order valence-electron chi connectivity index (χ3n) is 3.04. The van der Waals surface area contributed by atoms with Crippen molar-refractivity contribution in [2.45, 2.75) is 6.10 Å². The maximum Gasteiger partial charge on any atom is 0.255 e. The van der Waals surface area contributed by atoms with Crippen LogP contribution in [0.15, 0.2) is 22.7 Å². The maximum atomic E-state index is 11.9. The number of carbonyl (C=O) groups is 1. The third-order valence-corrected chi connectivity index (χ3v) is 3.53. The molecule has 6 heteroatoms. The highest BCUT2D eigenvalue weighted by atomic mass is 79.9. The molecule has 1 aromatic rings. The average Bonchev–Trinajstić information content (AvgIpc) is 2.36. The lowest BCUT2D eigenvalue weighted by atomic mass is 10.2. The summed E-state index contributed by atoms with van der Waals surface area (Å²) in [6.45, 7) is 2.84. The van der Waals surface area contributed by atoms with Crippen molar-refractivity contribution in [3.63, 3.8) is 0 Å². The number of morpholine rings is 1. The summed E-state index contributed by atoms with van der Waals surface area (Å²) in [5, 5.41) is 12.5. The third kappa shape index (κ3) is 3.92. The summed E-state index contributed by atoms with van der Waals surface area (Å²) in [5.74, 6) is -0.324. The molecule has 0 radical (unpaired) electrons. The minimum atomic E-state index is -0.290. The van der Waals surface area contributed by atoms with Gasteiger partial charge < -0.3 is 20.1 Å². The van der Waals surface area contributed by atoms with E-state index in [0.29, 0.717) is 13.2 Å². The van der Waals surface area contributed by atoms with Gasteiger partial charge in [0, 0.05) is 24.1 Å². The van der Waals surface area contributed by atoms with E-state index in [9.17, 15) is 9.90 Å². The van der Waals surface area contributed by atoms with Crippen LogP contribution in [0, 0.1) is 0 Å². The molecule has 2 N–H and O–H groups in total. The number of amides is 1. The molecule has 1 saturated heterocycles. The quantitative estimate of drug-likeness (QED) is 0.875. The number of halogens is 1. The zero-order valence-corrected chi connectivity index (χ0v) is 12.3. The van der Waals surface area contributed by atoms with Crippen molar-refractivity contribution >= 4 is 21.8 Å². The lowest BCUT2D eigenvalue weighted by molar-refractivity contribution is -0.0175. The molecule has 1 unspecified atom stereocenters. The molecule has 5 nitrogen and oxygen atoms in total. The van der Waals surface area contributed by atoms with Crippen molar-refractivity contribution in [1.82, 2.24) is 10.2 Å². The van der Waals surface area contributed by atoms with E-state index in [1.165, 1.54) is 6.07 Å². The summed E-state index contributed by atoms with van der Waals surface area (Å²) in [4.78, 5) is 14.1. The first-order chi connectivity index (χ1) is 9.06.